The molecule has 1 rings (SSSR count). The van der Waals surface area contributed by atoms with Gasteiger partial charge in [0.15, 0.2) is 0 Å². The Labute approximate surface area is 116 Å². The van der Waals surface area contributed by atoms with Crippen LogP contribution in [-0.4, -0.2) is 57.9 Å². The van der Waals surface area contributed by atoms with Crippen molar-refractivity contribution in [2.75, 3.05) is 34.0 Å². The van der Waals surface area contributed by atoms with Gasteiger partial charge in [-0.15, -0.1) is 0 Å². The molecule has 0 spiro atoms. The van der Waals surface area contributed by atoms with E-state index >= 15 is 0 Å². The van der Waals surface area contributed by atoms with Crippen LogP contribution in [0.5, 0.6) is 0 Å². The van der Waals surface area contributed by atoms with Crippen LogP contribution < -0.4 is 5.73 Å². The molecule has 1 aliphatic heterocycles. The highest BCUT2D eigenvalue weighted by Gasteiger charge is 2.54. The minimum atomic E-state index is -0.452. The molecule has 5 heteroatoms. The van der Waals surface area contributed by atoms with Crippen molar-refractivity contribution >= 4 is 0 Å². The lowest BCUT2D eigenvalue weighted by Gasteiger charge is -2.34. The molecule has 0 saturated carbocycles. The highest BCUT2D eigenvalue weighted by molar-refractivity contribution is 5.03. The standard InChI is InChI=1S/C14H29NO4/c1-5-6-9-18-14(2)12(7-8-15)19-11(10-16-3)13(14)17-4/h11-13H,5-10,15H2,1-4H3/t11-,12?,13-,14+/m1/s1. The average Bonchev–Trinajstić information content (AvgIpc) is 2.64. The Balaban J connectivity index is 2.78. The molecular formula is C14H29NO4. The van der Waals surface area contributed by atoms with E-state index in [1.54, 1.807) is 14.2 Å². The molecule has 4 atom stereocenters. The van der Waals surface area contributed by atoms with Crippen LogP contribution in [0.4, 0.5) is 0 Å². The molecule has 114 valence electrons. The van der Waals surface area contributed by atoms with E-state index in [0.29, 0.717) is 13.2 Å². The van der Waals surface area contributed by atoms with Crippen molar-refractivity contribution in [3.05, 3.63) is 0 Å². The van der Waals surface area contributed by atoms with Crippen LogP contribution >= 0.6 is 0 Å². The largest absolute Gasteiger partial charge is 0.382 e. The molecule has 0 aromatic rings. The predicted octanol–water partition coefficient (Wildman–Crippen LogP) is 1.34. The van der Waals surface area contributed by atoms with Gasteiger partial charge in [0, 0.05) is 20.8 Å². The number of methoxy groups -OCH3 is 2. The Morgan fingerprint density at radius 1 is 1.32 bits per heavy atom. The van der Waals surface area contributed by atoms with E-state index in [4.69, 9.17) is 24.7 Å². The first kappa shape index (κ1) is 16.9. The first-order valence-corrected chi connectivity index (χ1v) is 7.15. The summed E-state index contributed by atoms with van der Waals surface area (Å²) in [6.07, 6.45) is 2.65. The van der Waals surface area contributed by atoms with Crippen molar-refractivity contribution in [3.8, 4) is 0 Å². The fourth-order valence-electron chi connectivity index (χ4n) is 2.76. The summed E-state index contributed by atoms with van der Waals surface area (Å²) in [5.41, 5.74) is 5.23. The molecule has 1 aliphatic rings. The Bertz CT molecular complexity index is 252. The fourth-order valence-corrected chi connectivity index (χ4v) is 2.76. The van der Waals surface area contributed by atoms with Crippen LogP contribution in [0.25, 0.3) is 0 Å². The minimum Gasteiger partial charge on any atom is -0.382 e. The van der Waals surface area contributed by atoms with Gasteiger partial charge in [-0.05, 0) is 26.3 Å². The lowest BCUT2D eigenvalue weighted by atomic mass is 9.90. The van der Waals surface area contributed by atoms with Crippen molar-refractivity contribution in [1.29, 1.82) is 0 Å². The smallest absolute Gasteiger partial charge is 0.120 e. The summed E-state index contributed by atoms with van der Waals surface area (Å²) >= 11 is 0. The van der Waals surface area contributed by atoms with Crippen LogP contribution in [0.2, 0.25) is 0 Å². The minimum absolute atomic E-state index is 0.0422. The van der Waals surface area contributed by atoms with E-state index in [-0.39, 0.29) is 18.3 Å². The third-order valence-electron chi connectivity index (χ3n) is 3.81. The van der Waals surface area contributed by atoms with E-state index in [1.807, 2.05) is 0 Å². The van der Waals surface area contributed by atoms with Crippen LogP contribution in [0, 0.1) is 0 Å². The van der Waals surface area contributed by atoms with Gasteiger partial charge < -0.3 is 24.7 Å². The number of unbranched alkanes of at least 4 members (excludes halogenated alkanes) is 1. The molecule has 0 bridgehead atoms. The van der Waals surface area contributed by atoms with Crippen molar-refractivity contribution in [1.82, 2.24) is 0 Å². The lowest BCUT2D eigenvalue weighted by Crippen LogP contribution is -2.50. The number of hydrogen-bond acceptors (Lipinski definition) is 5. The molecule has 1 saturated heterocycles. The van der Waals surface area contributed by atoms with Crippen molar-refractivity contribution < 1.29 is 18.9 Å². The summed E-state index contributed by atoms with van der Waals surface area (Å²) in [5, 5.41) is 0. The van der Waals surface area contributed by atoms with E-state index in [0.717, 1.165) is 25.9 Å². The number of nitrogens with two attached hydrogens (primary N) is 1. The number of ether oxygens (including phenoxy) is 4. The summed E-state index contributed by atoms with van der Waals surface area (Å²) in [7, 11) is 3.37. The summed E-state index contributed by atoms with van der Waals surface area (Å²) in [5.74, 6) is 0. The van der Waals surface area contributed by atoms with Gasteiger partial charge in [0.05, 0.1) is 12.7 Å². The normalized spacial score (nSPS) is 34.9. The topological polar surface area (TPSA) is 62.9 Å². The highest BCUT2D eigenvalue weighted by atomic mass is 16.6. The average molecular weight is 275 g/mol. The van der Waals surface area contributed by atoms with Crippen LogP contribution in [0.15, 0.2) is 0 Å². The zero-order chi connectivity index (χ0) is 14.3. The zero-order valence-corrected chi connectivity index (χ0v) is 12.7. The maximum absolute atomic E-state index is 6.12. The van der Waals surface area contributed by atoms with Crippen molar-refractivity contribution in [3.63, 3.8) is 0 Å². The Hall–Kier alpha value is -0.200. The third-order valence-corrected chi connectivity index (χ3v) is 3.81. The Kier molecular flexibility index (Phi) is 7.25. The molecule has 0 aliphatic carbocycles. The van der Waals surface area contributed by atoms with Gasteiger partial charge in [-0.3, -0.25) is 0 Å². The molecule has 19 heavy (non-hydrogen) atoms. The molecule has 0 radical (unpaired) electrons. The molecule has 1 heterocycles. The maximum atomic E-state index is 6.12. The lowest BCUT2D eigenvalue weighted by molar-refractivity contribution is -0.127. The summed E-state index contributed by atoms with van der Waals surface area (Å²) in [4.78, 5) is 0. The third kappa shape index (κ3) is 3.89. The maximum Gasteiger partial charge on any atom is 0.120 e. The van der Waals surface area contributed by atoms with Gasteiger partial charge in [-0.25, -0.2) is 0 Å². The van der Waals surface area contributed by atoms with Gasteiger partial charge >= 0.3 is 0 Å². The zero-order valence-electron chi connectivity index (χ0n) is 12.7. The van der Waals surface area contributed by atoms with Crippen molar-refractivity contribution in [2.45, 2.75) is 57.0 Å². The monoisotopic (exact) mass is 275 g/mol. The molecule has 0 amide bonds. The summed E-state index contributed by atoms with van der Waals surface area (Å²) in [6, 6.07) is 0. The van der Waals surface area contributed by atoms with E-state index in [9.17, 15) is 0 Å². The van der Waals surface area contributed by atoms with Gasteiger partial charge in [-0.2, -0.15) is 0 Å². The first-order valence-electron chi connectivity index (χ1n) is 7.15. The summed E-state index contributed by atoms with van der Waals surface area (Å²) < 4.78 is 23.0. The predicted molar refractivity (Wildman–Crippen MR) is 74.3 cm³/mol. The van der Waals surface area contributed by atoms with Gasteiger partial charge in [0.2, 0.25) is 0 Å². The van der Waals surface area contributed by atoms with Crippen LogP contribution in [0.3, 0.4) is 0 Å². The van der Waals surface area contributed by atoms with Gasteiger partial charge in [-0.1, -0.05) is 13.3 Å². The van der Waals surface area contributed by atoms with E-state index in [1.165, 1.54) is 0 Å². The Morgan fingerprint density at radius 3 is 2.58 bits per heavy atom. The van der Waals surface area contributed by atoms with E-state index < -0.39 is 5.60 Å². The molecule has 0 aromatic heterocycles. The molecule has 2 N–H and O–H groups in total. The molecule has 5 nitrogen and oxygen atoms in total. The van der Waals surface area contributed by atoms with Gasteiger partial charge in [0.1, 0.15) is 17.8 Å². The second-order valence-electron chi connectivity index (χ2n) is 5.24. The van der Waals surface area contributed by atoms with Crippen LogP contribution in [0.1, 0.15) is 33.1 Å². The second-order valence-corrected chi connectivity index (χ2v) is 5.24. The SMILES string of the molecule is CCCCO[C@@]1(C)C(CCN)O[C@H](COC)[C@H]1OC. The fraction of sp³-hybridized carbons (Fsp3) is 1.00. The second kappa shape index (κ2) is 8.17. The summed E-state index contributed by atoms with van der Waals surface area (Å²) in [6.45, 7) is 6.01. The Morgan fingerprint density at radius 2 is 2.05 bits per heavy atom. The first-order chi connectivity index (χ1) is 9.13. The molecule has 0 aromatic carbocycles. The number of hydrogen-bond donors (Lipinski definition) is 1. The number of rotatable bonds is 9. The molecular weight excluding hydrogens is 246 g/mol. The highest BCUT2D eigenvalue weighted by Crippen LogP contribution is 2.37. The quantitative estimate of drug-likeness (QED) is 0.643. The molecule has 1 fully saturated rings. The van der Waals surface area contributed by atoms with Crippen molar-refractivity contribution in [2.24, 2.45) is 5.73 Å². The van der Waals surface area contributed by atoms with Crippen LogP contribution in [-0.2, 0) is 18.9 Å². The molecule has 1 unspecified atom stereocenters. The van der Waals surface area contributed by atoms with E-state index in [2.05, 4.69) is 13.8 Å². The van der Waals surface area contributed by atoms with Gasteiger partial charge in [0.25, 0.3) is 0 Å².